The maximum absolute atomic E-state index is 10.1. The molecule has 0 saturated carbocycles. The van der Waals surface area contributed by atoms with Gasteiger partial charge in [-0.3, -0.25) is 0 Å². The van der Waals surface area contributed by atoms with Gasteiger partial charge in [0, 0.05) is 0 Å². The molecule has 0 unspecified atom stereocenters. The third-order valence-corrected chi connectivity index (χ3v) is 0. The second-order valence-electron chi connectivity index (χ2n) is 6.34. The molecule has 0 aromatic rings. The molecule has 0 N–H and O–H groups in total. The zero-order chi connectivity index (χ0) is 13.5. The standard InChI is InChI=1S/3C4H9O.Sc/c3*1-4(2,3)5;/h3*1-3H3;/q3*-1;+3. The monoisotopic (exact) mass is 264 g/mol. The summed E-state index contributed by atoms with van der Waals surface area (Å²) in [5.41, 5.74) is -2.25. The zero-order valence-corrected chi connectivity index (χ0v) is 14.1. The molecule has 0 fully saturated rings. The first-order valence-corrected chi connectivity index (χ1v) is 5.11. The summed E-state index contributed by atoms with van der Waals surface area (Å²) in [6.07, 6.45) is 0. The van der Waals surface area contributed by atoms with Gasteiger partial charge in [0.25, 0.3) is 0 Å². The van der Waals surface area contributed by atoms with Crippen molar-refractivity contribution >= 4 is 0 Å². The Kier molecular flexibility index (Phi) is 15.6. The molecule has 0 atom stereocenters. The smallest absolute Gasteiger partial charge is 0.850 e. The van der Waals surface area contributed by atoms with Gasteiger partial charge < -0.3 is 15.3 Å². The van der Waals surface area contributed by atoms with Gasteiger partial charge in [0.15, 0.2) is 0 Å². The van der Waals surface area contributed by atoms with Gasteiger partial charge in [-0.05, 0) is 0 Å². The molecule has 0 aliphatic carbocycles. The summed E-state index contributed by atoms with van der Waals surface area (Å²) in [6.45, 7) is 14.7. The molecular weight excluding hydrogens is 237 g/mol. The zero-order valence-electron chi connectivity index (χ0n) is 12.3. The van der Waals surface area contributed by atoms with E-state index < -0.39 is 16.8 Å². The van der Waals surface area contributed by atoms with Crippen LogP contribution in [0.15, 0.2) is 0 Å². The van der Waals surface area contributed by atoms with Crippen molar-refractivity contribution in [1.29, 1.82) is 0 Å². The Bertz CT molecular complexity index is 91.3. The van der Waals surface area contributed by atoms with E-state index in [0.717, 1.165) is 0 Å². The summed E-state index contributed by atoms with van der Waals surface area (Å²) in [5.74, 6) is 0. The predicted octanol–water partition coefficient (Wildman–Crippen LogP) is 0.433. The molecular formula is C12H27O3Sc. The van der Waals surface area contributed by atoms with Crippen LogP contribution in [0, 0.1) is 0 Å². The van der Waals surface area contributed by atoms with E-state index in [1.54, 1.807) is 62.3 Å². The molecule has 0 rings (SSSR count). The summed E-state index contributed by atoms with van der Waals surface area (Å²) in [7, 11) is 0. The molecule has 0 bridgehead atoms. The number of hydrogen-bond donors (Lipinski definition) is 0. The molecule has 3 nitrogen and oxygen atoms in total. The maximum Gasteiger partial charge on any atom is 3.00 e. The van der Waals surface area contributed by atoms with Crippen LogP contribution in [0.2, 0.25) is 0 Å². The van der Waals surface area contributed by atoms with Gasteiger partial charge >= 0.3 is 25.8 Å². The number of rotatable bonds is 0. The van der Waals surface area contributed by atoms with Crippen LogP contribution in [0.1, 0.15) is 62.3 Å². The van der Waals surface area contributed by atoms with E-state index in [9.17, 15) is 15.3 Å². The summed E-state index contributed by atoms with van der Waals surface area (Å²) < 4.78 is 0. The molecule has 0 aliphatic heterocycles. The minimum Gasteiger partial charge on any atom is -0.850 e. The maximum atomic E-state index is 10.1. The van der Waals surface area contributed by atoms with Gasteiger partial charge in [0.1, 0.15) is 0 Å². The predicted molar refractivity (Wildman–Crippen MR) is 59.3 cm³/mol. The normalized spacial score (nSPS) is 11.2. The molecule has 16 heavy (non-hydrogen) atoms. The Morgan fingerprint density at radius 1 is 0.438 bits per heavy atom. The third-order valence-electron chi connectivity index (χ3n) is 0. The molecule has 0 radical (unpaired) electrons. The van der Waals surface area contributed by atoms with E-state index in [1.165, 1.54) is 0 Å². The second kappa shape index (κ2) is 9.75. The Morgan fingerprint density at radius 2 is 0.438 bits per heavy atom. The van der Waals surface area contributed by atoms with E-state index in [1.807, 2.05) is 0 Å². The van der Waals surface area contributed by atoms with Crippen molar-refractivity contribution < 1.29 is 41.2 Å². The molecule has 0 aliphatic rings. The Hall–Kier alpha value is 0.750. The van der Waals surface area contributed by atoms with Crippen LogP contribution in [0.25, 0.3) is 0 Å². The van der Waals surface area contributed by atoms with Crippen LogP contribution in [0.5, 0.6) is 0 Å². The van der Waals surface area contributed by atoms with Crippen LogP contribution >= 0.6 is 0 Å². The van der Waals surface area contributed by atoms with Crippen molar-refractivity contribution in [1.82, 2.24) is 0 Å². The van der Waals surface area contributed by atoms with Gasteiger partial charge in [0.05, 0.1) is 0 Å². The van der Waals surface area contributed by atoms with Crippen LogP contribution in [0.3, 0.4) is 0 Å². The average Bonchev–Trinajstić information content (AvgIpc) is 1.41. The molecule has 0 heterocycles. The van der Waals surface area contributed by atoms with Crippen molar-refractivity contribution in [2.75, 3.05) is 0 Å². The van der Waals surface area contributed by atoms with Crippen LogP contribution in [-0.4, -0.2) is 16.8 Å². The molecule has 96 valence electrons. The number of hydrogen-bond acceptors (Lipinski definition) is 3. The van der Waals surface area contributed by atoms with E-state index in [2.05, 4.69) is 0 Å². The molecule has 0 aromatic heterocycles. The van der Waals surface area contributed by atoms with E-state index in [4.69, 9.17) is 0 Å². The first-order chi connectivity index (χ1) is 6.00. The van der Waals surface area contributed by atoms with Crippen molar-refractivity contribution in [3.8, 4) is 0 Å². The summed E-state index contributed by atoms with van der Waals surface area (Å²) in [4.78, 5) is 0. The van der Waals surface area contributed by atoms with Crippen molar-refractivity contribution in [3.63, 3.8) is 0 Å². The van der Waals surface area contributed by atoms with Crippen molar-refractivity contribution in [2.45, 2.75) is 79.1 Å². The van der Waals surface area contributed by atoms with Crippen LogP contribution in [0.4, 0.5) is 0 Å². The minimum absolute atomic E-state index is 0. The van der Waals surface area contributed by atoms with Gasteiger partial charge in [-0.15, -0.1) is 16.8 Å². The Balaban J connectivity index is -0.0000000655. The van der Waals surface area contributed by atoms with Gasteiger partial charge in [-0.1, -0.05) is 62.3 Å². The van der Waals surface area contributed by atoms with Gasteiger partial charge in [-0.25, -0.2) is 0 Å². The summed E-state index contributed by atoms with van der Waals surface area (Å²) in [5, 5.41) is 30.3. The topological polar surface area (TPSA) is 69.2 Å². The quantitative estimate of drug-likeness (QED) is 0.637. The van der Waals surface area contributed by atoms with Crippen LogP contribution < -0.4 is 15.3 Å². The molecule has 0 amide bonds. The van der Waals surface area contributed by atoms with Crippen LogP contribution in [-0.2, 0) is 25.8 Å². The average molecular weight is 264 g/mol. The first kappa shape index (κ1) is 25.6. The van der Waals surface area contributed by atoms with E-state index >= 15 is 0 Å². The molecule has 0 spiro atoms. The fraction of sp³-hybridized carbons (Fsp3) is 1.00. The van der Waals surface area contributed by atoms with E-state index in [0.29, 0.717) is 0 Å². The largest absolute Gasteiger partial charge is 3.00 e. The van der Waals surface area contributed by atoms with Gasteiger partial charge in [-0.2, -0.15) is 0 Å². The second-order valence-corrected chi connectivity index (χ2v) is 6.34. The molecule has 0 aromatic carbocycles. The van der Waals surface area contributed by atoms with E-state index in [-0.39, 0.29) is 25.8 Å². The SMILES string of the molecule is CC(C)(C)[O-].CC(C)(C)[O-].CC(C)(C)[O-].[Sc+3]. The first-order valence-electron chi connectivity index (χ1n) is 5.11. The molecule has 0 saturated heterocycles. The van der Waals surface area contributed by atoms with Crippen molar-refractivity contribution in [2.24, 2.45) is 0 Å². The third kappa shape index (κ3) is 4960. The minimum atomic E-state index is -0.750. The van der Waals surface area contributed by atoms with Crippen molar-refractivity contribution in [3.05, 3.63) is 0 Å². The summed E-state index contributed by atoms with van der Waals surface area (Å²) >= 11 is 0. The summed E-state index contributed by atoms with van der Waals surface area (Å²) in [6, 6.07) is 0. The molecule has 4 heteroatoms. The Labute approximate surface area is 120 Å². The fourth-order valence-electron chi connectivity index (χ4n) is 0. The van der Waals surface area contributed by atoms with Gasteiger partial charge in [0.2, 0.25) is 0 Å². The fourth-order valence-corrected chi connectivity index (χ4v) is 0. The Morgan fingerprint density at radius 3 is 0.438 bits per heavy atom.